The molecule has 0 bridgehead atoms. The number of amides is 1. The van der Waals surface area contributed by atoms with Crippen LogP contribution in [0.5, 0.6) is 0 Å². The Bertz CT molecular complexity index is 755. The van der Waals surface area contributed by atoms with E-state index in [1.54, 1.807) is 0 Å². The zero-order valence-electron chi connectivity index (χ0n) is 15.7. The van der Waals surface area contributed by atoms with Gasteiger partial charge < -0.3 is 10.2 Å². The molecule has 1 aromatic carbocycles. The van der Waals surface area contributed by atoms with Crippen LogP contribution in [0, 0.1) is 17.7 Å². The summed E-state index contributed by atoms with van der Waals surface area (Å²) < 4.78 is 40.5. The highest BCUT2D eigenvalue weighted by Crippen LogP contribution is 2.27. The van der Waals surface area contributed by atoms with Crippen LogP contribution in [0.3, 0.4) is 0 Å². The molecule has 150 valence electrons. The first kappa shape index (κ1) is 20.2. The lowest BCUT2D eigenvalue weighted by Crippen LogP contribution is -2.47. The molecule has 27 heavy (non-hydrogen) atoms. The van der Waals surface area contributed by atoms with Crippen molar-refractivity contribution in [2.45, 2.75) is 30.6 Å². The smallest absolute Gasteiger partial charge is 0.245 e. The lowest BCUT2D eigenvalue weighted by molar-refractivity contribution is -0.138. The largest absolute Gasteiger partial charge is 0.342 e. The molecule has 0 aliphatic carbocycles. The van der Waals surface area contributed by atoms with Crippen molar-refractivity contribution in [3.8, 4) is 0 Å². The molecule has 2 aliphatic rings. The number of halogens is 1. The van der Waals surface area contributed by atoms with E-state index >= 15 is 0 Å². The number of likely N-dealkylation sites (tertiary alicyclic amines) is 1. The van der Waals surface area contributed by atoms with Gasteiger partial charge in [0.2, 0.25) is 15.9 Å². The minimum atomic E-state index is -3.85. The lowest BCUT2D eigenvalue weighted by Gasteiger charge is -2.37. The number of nitrogens with one attached hydrogen (secondary N) is 1. The number of carbonyl (C=O) groups excluding carboxylic acids is 1. The number of hydrogen-bond acceptors (Lipinski definition) is 4. The lowest BCUT2D eigenvalue weighted by atomic mass is 9.92. The maximum Gasteiger partial charge on any atom is 0.245 e. The second kappa shape index (κ2) is 8.67. The minimum Gasteiger partial charge on any atom is -0.342 e. The summed E-state index contributed by atoms with van der Waals surface area (Å²) in [6, 6.07) is 5.43. The third-order valence-corrected chi connectivity index (χ3v) is 7.61. The van der Waals surface area contributed by atoms with Gasteiger partial charge in [0, 0.05) is 32.1 Å². The van der Waals surface area contributed by atoms with Crippen molar-refractivity contribution >= 4 is 15.9 Å². The Morgan fingerprint density at radius 2 is 1.74 bits per heavy atom. The van der Waals surface area contributed by atoms with Gasteiger partial charge >= 0.3 is 0 Å². The third-order valence-electron chi connectivity index (χ3n) is 5.68. The standard InChI is InChI=1S/C19H28FN3O3S/c1-21-14-15-6-10-22(11-7-15)19(24)16-8-12-23(13-9-16)27(25,26)18-5-3-2-4-17(18)20/h2-5,15-16,21H,6-14H2,1H3. The maximum atomic E-state index is 13.9. The van der Waals surface area contributed by atoms with Crippen LogP contribution in [0.25, 0.3) is 0 Å². The molecule has 1 aromatic rings. The molecule has 2 heterocycles. The average Bonchev–Trinajstić information content (AvgIpc) is 2.68. The summed E-state index contributed by atoms with van der Waals surface area (Å²) in [6.07, 6.45) is 2.99. The van der Waals surface area contributed by atoms with E-state index in [9.17, 15) is 17.6 Å². The van der Waals surface area contributed by atoms with Crippen LogP contribution in [0.2, 0.25) is 0 Å². The molecule has 0 radical (unpaired) electrons. The van der Waals surface area contributed by atoms with E-state index in [2.05, 4.69) is 5.32 Å². The molecule has 3 rings (SSSR count). The van der Waals surface area contributed by atoms with Gasteiger partial charge in [0.05, 0.1) is 0 Å². The Balaban J connectivity index is 1.56. The zero-order valence-corrected chi connectivity index (χ0v) is 16.5. The fraction of sp³-hybridized carbons (Fsp3) is 0.632. The van der Waals surface area contributed by atoms with E-state index in [1.165, 1.54) is 22.5 Å². The van der Waals surface area contributed by atoms with E-state index in [1.807, 2.05) is 11.9 Å². The van der Waals surface area contributed by atoms with Crippen LogP contribution < -0.4 is 5.32 Å². The molecule has 0 atom stereocenters. The normalized spacial score (nSPS) is 20.7. The summed E-state index contributed by atoms with van der Waals surface area (Å²) >= 11 is 0. The quantitative estimate of drug-likeness (QED) is 0.821. The summed E-state index contributed by atoms with van der Waals surface area (Å²) in [5.74, 6) is -0.120. The molecular weight excluding hydrogens is 369 g/mol. The van der Waals surface area contributed by atoms with E-state index in [0.29, 0.717) is 18.8 Å². The molecule has 2 saturated heterocycles. The number of nitrogens with zero attached hydrogens (tertiary/aromatic N) is 2. The molecule has 1 amide bonds. The predicted molar refractivity (Wildman–Crippen MR) is 101 cm³/mol. The Morgan fingerprint density at radius 1 is 1.11 bits per heavy atom. The first-order chi connectivity index (χ1) is 12.9. The van der Waals surface area contributed by atoms with Gasteiger partial charge in [-0.2, -0.15) is 4.31 Å². The minimum absolute atomic E-state index is 0.140. The van der Waals surface area contributed by atoms with E-state index in [0.717, 1.165) is 38.5 Å². The number of rotatable bonds is 5. The van der Waals surface area contributed by atoms with Crippen LogP contribution in [-0.2, 0) is 14.8 Å². The molecule has 0 unspecified atom stereocenters. The number of piperidine rings is 2. The molecule has 0 saturated carbocycles. The van der Waals surface area contributed by atoms with Gasteiger partial charge in [-0.3, -0.25) is 4.79 Å². The van der Waals surface area contributed by atoms with Crippen LogP contribution in [-0.4, -0.2) is 63.3 Å². The van der Waals surface area contributed by atoms with Gasteiger partial charge in [0.15, 0.2) is 0 Å². The predicted octanol–water partition coefficient (Wildman–Crippen LogP) is 1.68. The monoisotopic (exact) mass is 397 g/mol. The Labute approximate surface area is 160 Å². The van der Waals surface area contributed by atoms with Gasteiger partial charge in [-0.25, -0.2) is 12.8 Å². The molecule has 0 spiro atoms. The van der Waals surface area contributed by atoms with Crippen LogP contribution >= 0.6 is 0 Å². The van der Waals surface area contributed by atoms with Crippen LogP contribution in [0.4, 0.5) is 4.39 Å². The van der Waals surface area contributed by atoms with E-state index in [-0.39, 0.29) is 29.8 Å². The topological polar surface area (TPSA) is 69.7 Å². The first-order valence-corrected chi connectivity index (χ1v) is 11.1. The van der Waals surface area contributed by atoms with Crippen LogP contribution in [0.1, 0.15) is 25.7 Å². The van der Waals surface area contributed by atoms with Gasteiger partial charge in [0.1, 0.15) is 10.7 Å². The van der Waals surface area contributed by atoms with Crippen molar-refractivity contribution in [3.05, 3.63) is 30.1 Å². The average molecular weight is 398 g/mol. The van der Waals surface area contributed by atoms with Gasteiger partial charge in [0.25, 0.3) is 0 Å². The number of sulfonamides is 1. The molecule has 6 nitrogen and oxygen atoms in total. The van der Waals surface area contributed by atoms with Crippen molar-refractivity contribution in [1.82, 2.24) is 14.5 Å². The van der Waals surface area contributed by atoms with Crippen molar-refractivity contribution in [2.75, 3.05) is 39.8 Å². The second-order valence-electron chi connectivity index (χ2n) is 7.44. The Kier molecular flexibility index (Phi) is 6.49. The fourth-order valence-electron chi connectivity index (χ4n) is 4.04. The maximum absolute atomic E-state index is 13.9. The highest BCUT2D eigenvalue weighted by atomic mass is 32.2. The number of benzene rings is 1. The first-order valence-electron chi connectivity index (χ1n) is 9.61. The summed E-state index contributed by atoms with van der Waals surface area (Å²) in [5, 5.41) is 3.19. The molecule has 1 N–H and O–H groups in total. The fourth-order valence-corrected chi connectivity index (χ4v) is 5.58. The van der Waals surface area contributed by atoms with Crippen molar-refractivity contribution < 1.29 is 17.6 Å². The van der Waals surface area contributed by atoms with Crippen molar-refractivity contribution in [1.29, 1.82) is 0 Å². The van der Waals surface area contributed by atoms with Crippen molar-refractivity contribution in [3.63, 3.8) is 0 Å². The summed E-state index contributed by atoms with van der Waals surface area (Å²) in [5.41, 5.74) is 0. The second-order valence-corrected chi connectivity index (χ2v) is 9.34. The van der Waals surface area contributed by atoms with E-state index in [4.69, 9.17) is 0 Å². The molecule has 2 fully saturated rings. The highest BCUT2D eigenvalue weighted by Gasteiger charge is 2.35. The third kappa shape index (κ3) is 4.50. The van der Waals surface area contributed by atoms with Crippen LogP contribution in [0.15, 0.2) is 29.2 Å². The molecule has 0 aromatic heterocycles. The zero-order chi connectivity index (χ0) is 19.4. The Morgan fingerprint density at radius 3 is 2.33 bits per heavy atom. The highest BCUT2D eigenvalue weighted by molar-refractivity contribution is 7.89. The van der Waals surface area contributed by atoms with E-state index < -0.39 is 15.8 Å². The van der Waals surface area contributed by atoms with Crippen molar-refractivity contribution in [2.24, 2.45) is 11.8 Å². The summed E-state index contributed by atoms with van der Waals surface area (Å²) in [7, 11) is -1.91. The number of carbonyl (C=O) groups is 1. The van der Waals surface area contributed by atoms with Gasteiger partial charge in [-0.05, 0) is 57.3 Å². The van der Waals surface area contributed by atoms with Gasteiger partial charge in [-0.15, -0.1) is 0 Å². The number of hydrogen-bond donors (Lipinski definition) is 1. The van der Waals surface area contributed by atoms with Gasteiger partial charge in [-0.1, -0.05) is 12.1 Å². The molecule has 2 aliphatic heterocycles. The summed E-state index contributed by atoms with van der Waals surface area (Å²) in [6.45, 7) is 3.04. The molecule has 8 heteroatoms. The summed E-state index contributed by atoms with van der Waals surface area (Å²) in [4.78, 5) is 14.4. The SMILES string of the molecule is CNCC1CCN(C(=O)C2CCN(S(=O)(=O)c3ccccc3F)CC2)CC1. The Hall–Kier alpha value is -1.51. The molecular formula is C19H28FN3O3S.